The summed E-state index contributed by atoms with van der Waals surface area (Å²) < 4.78 is 5.54. The van der Waals surface area contributed by atoms with Gasteiger partial charge >= 0.3 is 0 Å². The van der Waals surface area contributed by atoms with E-state index in [2.05, 4.69) is 29.2 Å². The molecule has 1 N–H and O–H groups in total. The van der Waals surface area contributed by atoms with Gasteiger partial charge in [-0.1, -0.05) is 30.7 Å². The lowest BCUT2D eigenvalue weighted by Gasteiger charge is -2.37. The Morgan fingerprint density at radius 3 is 2.51 bits per heavy atom. The zero-order chi connectivity index (χ0) is 26.4. The monoisotopic (exact) mass is 522 g/mol. The fourth-order valence-electron chi connectivity index (χ4n) is 4.81. The van der Waals surface area contributed by atoms with Crippen molar-refractivity contribution in [2.75, 3.05) is 37.4 Å². The van der Waals surface area contributed by atoms with Crippen molar-refractivity contribution in [1.29, 1.82) is 0 Å². The number of nitrogens with one attached hydrogen (secondary N) is 1. The normalized spacial score (nSPS) is 14.4. The van der Waals surface area contributed by atoms with Crippen LogP contribution in [-0.2, 0) is 17.9 Å². The van der Waals surface area contributed by atoms with E-state index >= 15 is 0 Å². The van der Waals surface area contributed by atoms with Gasteiger partial charge < -0.3 is 24.4 Å². The molecule has 2 heterocycles. The molecule has 2 aromatic carbocycles. The molecule has 1 fully saturated rings. The first-order valence-electron chi connectivity index (χ1n) is 12.8. The molecule has 0 spiro atoms. The molecule has 0 aliphatic carbocycles. The van der Waals surface area contributed by atoms with Crippen LogP contribution in [0.15, 0.2) is 65.3 Å². The van der Waals surface area contributed by atoms with Gasteiger partial charge in [0.1, 0.15) is 5.76 Å². The largest absolute Gasteiger partial charge is 0.467 e. The molecule has 0 unspecified atom stereocenters. The summed E-state index contributed by atoms with van der Waals surface area (Å²) in [7, 11) is 4.27. The molecule has 8 heteroatoms. The number of carbonyl (C=O) groups excluding carboxylic acids is 2. The van der Waals surface area contributed by atoms with Gasteiger partial charge in [-0.3, -0.25) is 9.59 Å². The molecule has 0 bridgehead atoms. The highest BCUT2D eigenvalue weighted by atomic mass is 35.5. The van der Waals surface area contributed by atoms with Crippen LogP contribution in [0.2, 0.25) is 5.02 Å². The average Bonchev–Trinajstić information content (AvgIpc) is 3.41. The number of hydrogen-bond acceptors (Lipinski definition) is 5. The lowest BCUT2D eigenvalue weighted by atomic mass is 10.0. The Balaban J connectivity index is 1.64. The van der Waals surface area contributed by atoms with Crippen molar-refractivity contribution < 1.29 is 14.0 Å². The summed E-state index contributed by atoms with van der Waals surface area (Å²) in [4.78, 5) is 32.4. The molecule has 0 atom stereocenters. The number of anilines is 2. The van der Waals surface area contributed by atoms with Crippen LogP contribution in [0.3, 0.4) is 0 Å². The van der Waals surface area contributed by atoms with E-state index in [1.165, 1.54) is 0 Å². The van der Waals surface area contributed by atoms with E-state index in [-0.39, 0.29) is 11.8 Å². The van der Waals surface area contributed by atoms with E-state index in [9.17, 15) is 9.59 Å². The minimum atomic E-state index is -0.273. The fourth-order valence-corrected chi connectivity index (χ4v) is 5.03. The predicted octanol–water partition coefficient (Wildman–Crippen LogP) is 5.65. The number of halogens is 1. The summed E-state index contributed by atoms with van der Waals surface area (Å²) in [6.45, 7) is 4.75. The minimum absolute atomic E-state index is 0.0369. The number of carbonyl (C=O) groups is 2. The van der Waals surface area contributed by atoms with Gasteiger partial charge in [-0.2, -0.15) is 0 Å². The maximum absolute atomic E-state index is 12.9. The number of likely N-dealkylation sites (tertiary alicyclic amines) is 1. The first kappa shape index (κ1) is 26.8. The zero-order valence-corrected chi connectivity index (χ0v) is 22.5. The molecule has 1 aliphatic rings. The second kappa shape index (κ2) is 12.3. The van der Waals surface area contributed by atoms with E-state index in [1.807, 2.05) is 37.3 Å². The lowest BCUT2D eigenvalue weighted by Crippen LogP contribution is -2.42. The number of hydrogen-bond donors (Lipinski definition) is 1. The van der Waals surface area contributed by atoms with Crippen molar-refractivity contribution in [1.82, 2.24) is 9.80 Å². The minimum Gasteiger partial charge on any atom is -0.467 e. The number of furan rings is 1. The molecule has 2 amide bonds. The van der Waals surface area contributed by atoms with Crippen molar-refractivity contribution in [3.8, 4) is 0 Å². The summed E-state index contributed by atoms with van der Waals surface area (Å²) in [6, 6.07) is 17.0. The maximum atomic E-state index is 12.9. The first-order chi connectivity index (χ1) is 17.9. The summed E-state index contributed by atoms with van der Waals surface area (Å²) in [6.07, 6.45) is 4.15. The molecule has 4 rings (SSSR count). The van der Waals surface area contributed by atoms with Crippen LogP contribution in [0.1, 0.15) is 47.9 Å². The SMILES string of the molecule is CCC(=O)N(Cc1ccco1)Cc1cc(NC(=O)c2ccccc2Cl)ccc1N(C)C1CCN(C)CC1. The molecule has 0 radical (unpaired) electrons. The number of nitrogens with zero attached hydrogens (tertiary/aromatic N) is 3. The average molecular weight is 523 g/mol. The third kappa shape index (κ3) is 6.73. The summed E-state index contributed by atoms with van der Waals surface area (Å²) >= 11 is 6.24. The Labute approximate surface area is 224 Å². The van der Waals surface area contributed by atoms with Gasteiger partial charge in [0.15, 0.2) is 0 Å². The van der Waals surface area contributed by atoms with Crippen molar-refractivity contribution in [3.05, 3.63) is 82.8 Å². The van der Waals surface area contributed by atoms with Gasteiger partial charge in [-0.05, 0) is 81.0 Å². The predicted molar refractivity (Wildman–Crippen MR) is 148 cm³/mol. The Bertz CT molecular complexity index is 1210. The van der Waals surface area contributed by atoms with Crippen LogP contribution in [0, 0.1) is 0 Å². The topological polar surface area (TPSA) is 69.0 Å². The Kier molecular flexibility index (Phi) is 8.90. The van der Waals surface area contributed by atoms with E-state index < -0.39 is 0 Å². The summed E-state index contributed by atoms with van der Waals surface area (Å²) in [5.41, 5.74) is 3.09. The highest BCUT2D eigenvalue weighted by molar-refractivity contribution is 6.34. The zero-order valence-electron chi connectivity index (χ0n) is 21.7. The van der Waals surface area contributed by atoms with Gasteiger partial charge in [0.05, 0.1) is 23.4 Å². The first-order valence-corrected chi connectivity index (χ1v) is 13.1. The highest BCUT2D eigenvalue weighted by Crippen LogP contribution is 2.30. The van der Waals surface area contributed by atoms with E-state index in [0.717, 1.165) is 42.9 Å². The van der Waals surface area contributed by atoms with Crippen LogP contribution in [0.25, 0.3) is 0 Å². The van der Waals surface area contributed by atoms with Crippen LogP contribution < -0.4 is 10.2 Å². The quantitative estimate of drug-likeness (QED) is 0.393. The third-order valence-corrected chi connectivity index (χ3v) is 7.34. The molecule has 7 nitrogen and oxygen atoms in total. The van der Waals surface area contributed by atoms with Crippen LogP contribution in [0.4, 0.5) is 11.4 Å². The smallest absolute Gasteiger partial charge is 0.257 e. The lowest BCUT2D eigenvalue weighted by molar-refractivity contribution is -0.132. The van der Waals surface area contributed by atoms with E-state index in [4.69, 9.17) is 16.0 Å². The van der Waals surface area contributed by atoms with Gasteiger partial charge in [0.25, 0.3) is 5.91 Å². The molecule has 3 aromatic rings. The van der Waals surface area contributed by atoms with Gasteiger partial charge in [-0.25, -0.2) is 0 Å². The van der Waals surface area contributed by atoms with Crippen LogP contribution >= 0.6 is 11.6 Å². The Hall–Kier alpha value is -3.29. The second-order valence-electron chi connectivity index (χ2n) is 9.61. The van der Waals surface area contributed by atoms with Crippen molar-refractivity contribution >= 4 is 34.8 Å². The summed E-state index contributed by atoms with van der Waals surface area (Å²) in [5, 5.41) is 3.38. The second-order valence-corrected chi connectivity index (χ2v) is 10.0. The van der Waals surface area contributed by atoms with Gasteiger partial charge in [0, 0.05) is 37.4 Å². The van der Waals surface area contributed by atoms with E-state index in [0.29, 0.717) is 41.8 Å². The highest BCUT2D eigenvalue weighted by Gasteiger charge is 2.24. The van der Waals surface area contributed by atoms with Crippen LogP contribution in [0.5, 0.6) is 0 Å². The molecular weight excluding hydrogens is 488 g/mol. The van der Waals surface area contributed by atoms with Crippen molar-refractivity contribution in [3.63, 3.8) is 0 Å². The molecule has 0 saturated carbocycles. The van der Waals surface area contributed by atoms with Crippen LogP contribution in [-0.4, -0.2) is 54.8 Å². The van der Waals surface area contributed by atoms with Crippen molar-refractivity contribution in [2.24, 2.45) is 0 Å². The maximum Gasteiger partial charge on any atom is 0.257 e. The third-order valence-electron chi connectivity index (χ3n) is 7.01. The van der Waals surface area contributed by atoms with Gasteiger partial charge in [-0.15, -0.1) is 0 Å². The standard InChI is InChI=1S/C29H35ClN4O3/c1-4-28(35)34(20-24-8-7-17-37-24)19-21-18-22(31-29(36)25-9-5-6-10-26(25)30)11-12-27(21)33(3)23-13-15-32(2)16-14-23/h5-12,17-18,23H,4,13-16,19-20H2,1-3H3,(H,31,36). The number of amides is 2. The number of rotatable bonds is 9. The molecule has 196 valence electrons. The number of piperidine rings is 1. The molecular formula is C29H35ClN4O3. The van der Waals surface area contributed by atoms with Crippen molar-refractivity contribution in [2.45, 2.75) is 45.3 Å². The molecule has 1 saturated heterocycles. The number of benzene rings is 2. The summed E-state index contributed by atoms with van der Waals surface area (Å²) in [5.74, 6) is 0.495. The van der Waals surface area contributed by atoms with E-state index in [1.54, 1.807) is 35.4 Å². The molecule has 1 aromatic heterocycles. The van der Waals surface area contributed by atoms with Gasteiger partial charge in [0.2, 0.25) is 5.91 Å². The Morgan fingerprint density at radius 1 is 1.08 bits per heavy atom. The molecule has 37 heavy (non-hydrogen) atoms. The molecule has 1 aliphatic heterocycles. The fraction of sp³-hybridized carbons (Fsp3) is 0.379. The Morgan fingerprint density at radius 2 is 1.84 bits per heavy atom.